The Kier molecular flexibility index (Phi) is 5.41. The Morgan fingerprint density at radius 2 is 1.24 bits per heavy atom. The summed E-state index contributed by atoms with van der Waals surface area (Å²) in [7, 11) is 0. The molecule has 7 rings (SSSR count). The Morgan fingerprint density at radius 1 is 0.818 bits per heavy atom. The lowest BCUT2D eigenvalue weighted by Crippen LogP contribution is -2.62. The van der Waals surface area contributed by atoms with E-state index >= 15 is 0 Å². The van der Waals surface area contributed by atoms with Crippen molar-refractivity contribution in [3.05, 3.63) is 12.2 Å². The lowest BCUT2D eigenvalue weighted by atomic mass is 9.44. The molecule has 6 atom stereocenters. The Hall–Kier alpha value is -1.28. The fraction of sp³-hybridized carbons (Fsp3) is 0.846. The molecule has 0 aromatic rings. The van der Waals surface area contributed by atoms with Gasteiger partial charge in [0.25, 0.3) is 11.8 Å². The van der Waals surface area contributed by atoms with Gasteiger partial charge in [-0.2, -0.15) is 9.78 Å². The van der Waals surface area contributed by atoms with Crippen LogP contribution in [-0.2, 0) is 29.1 Å². The SMILES string of the molecule is CC1(OOC(CN2C(=O)C=CC2=O)OOC2(C)CCC3CC2C3(C)C)CCC2CC1C2(C)C. The number of fused-ring (bicyclic) bond motifs is 4. The van der Waals surface area contributed by atoms with Gasteiger partial charge >= 0.3 is 0 Å². The third-order valence-electron chi connectivity index (χ3n) is 10.3. The van der Waals surface area contributed by atoms with Gasteiger partial charge in [-0.05, 0) is 86.9 Å². The maximum Gasteiger partial charge on any atom is 0.253 e. The third-order valence-corrected chi connectivity index (χ3v) is 10.3. The summed E-state index contributed by atoms with van der Waals surface area (Å²) in [5, 5.41) is 0. The van der Waals surface area contributed by atoms with E-state index in [0.29, 0.717) is 11.8 Å². The molecule has 0 saturated heterocycles. The predicted octanol–water partition coefficient (Wildman–Crippen LogP) is 4.56. The average Bonchev–Trinajstić information content (AvgIpc) is 3.07. The fourth-order valence-electron chi connectivity index (χ4n) is 7.72. The number of carbonyl (C=O) groups is 2. The standard InChI is InChI=1S/C26H39NO6/c1-23(2)16-9-11-25(5,18(23)13-16)32-30-22(15-27-20(28)7-8-21(27)29)31-33-26(6)12-10-17-14-19(26)24(17,3)4/h7-8,16-19,22H,9-15H2,1-6H3. The van der Waals surface area contributed by atoms with E-state index < -0.39 is 17.5 Å². The highest BCUT2D eigenvalue weighted by Gasteiger charge is 2.62. The molecule has 0 aromatic heterocycles. The van der Waals surface area contributed by atoms with Crippen molar-refractivity contribution in [1.82, 2.24) is 4.90 Å². The van der Waals surface area contributed by atoms with Gasteiger partial charge in [-0.15, -0.1) is 0 Å². The number of hydrogen-bond donors (Lipinski definition) is 0. The van der Waals surface area contributed by atoms with Crippen LogP contribution in [0.15, 0.2) is 12.2 Å². The largest absolute Gasteiger partial charge is 0.270 e. The van der Waals surface area contributed by atoms with Crippen molar-refractivity contribution in [3.8, 4) is 0 Å². The molecular formula is C26H39NO6. The minimum absolute atomic E-state index is 0.0792. The van der Waals surface area contributed by atoms with Crippen molar-refractivity contribution in [2.24, 2.45) is 34.5 Å². The van der Waals surface area contributed by atoms with Gasteiger partial charge in [-0.25, -0.2) is 9.78 Å². The molecule has 4 bridgehead atoms. The first-order chi connectivity index (χ1) is 15.4. The minimum Gasteiger partial charge on any atom is -0.270 e. The van der Waals surface area contributed by atoms with Gasteiger partial charge in [0.2, 0.25) is 6.29 Å². The van der Waals surface area contributed by atoms with Crippen LogP contribution in [0.5, 0.6) is 0 Å². The first-order valence-electron chi connectivity index (χ1n) is 12.6. The Balaban J connectivity index is 1.27. The van der Waals surface area contributed by atoms with E-state index in [9.17, 15) is 9.59 Å². The van der Waals surface area contributed by atoms with Gasteiger partial charge in [0.1, 0.15) is 11.2 Å². The van der Waals surface area contributed by atoms with E-state index in [1.54, 1.807) is 0 Å². The molecule has 0 aromatic carbocycles. The summed E-state index contributed by atoms with van der Waals surface area (Å²) in [6, 6.07) is 0. The van der Waals surface area contributed by atoms with E-state index in [1.807, 2.05) is 0 Å². The summed E-state index contributed by atoms with van der Waals surface area (Å²) < 4.78 is 0. The molecule has 1 aliphatic heterocycles. The molecule has 6 fully saturated rings. The zero-order valence-electron chi connectivity index (χ0n) is 20.9. The zero-order valence-corrected chi connectivity index (χ0v) is 20.9. The summed E-state index contributed by atoms with van der Waals surface area (Å²) in [5.41, 5.74) is -0.435. The maximum atomic E-state index is 12.2. The topological polar surface area (TPSA) is 74.3 Å². The molecule has 7 nitrogen and oxygen atoms in total. The van der Waals surface area contributed by atoms with E-state index in [0.717, 1.165) is 55.3 Å². The van der Waals surface area contributed by atoms with Gasteiger partial charge in [0.15, 0.2) is 0 Å². The fourth-order valence-corrected chi connectivity index (χ4v) is 7.72. The van der Waals surface area contributed by atoms with Crippen molar-refractivity contribution in [2.75, 3.05) is 6.54 Å². The maximum absolute atomic E-state index is 12.2. The summed E-state index contributed by atoms with van der Waals surface area (Å²) in [6.45, 7) is 13.3. The smallest absolute Gasteiger partial charge is 0.253 e. The highest BCUT2D eigenvalue weighted by atomic mass is 17.3. The molecule has 0 spiro atoms. The molecule has 2 amide bonds. The molecule has 7 aliphatic rings. The monoisotopic (exact) mass is 461 g/mol. The molecule has 33 heavy (non-hydrogen) atoms. The van der Waals surface area contributed by atoms with Gasteiger partial charge in [0, 0.05) is 12.2 Å². The van der Waals surface area contributed by atoms with Gasteiger partial charge in [-0.3, -0.25) is 14.5 Å². The molecule has 0 N–H and O–H groups in total. The first kappa shape index (κ1) is 23.5. The second-order valence-electron chi connectivity index (χ2n) is 12.7. The highest BCUT2D eigenvalue weighted by molar-refractivity contribution is 6.12. The van der Waals surface area contributed by atoms with Crippen molar-refractivity contribution >= 4 is 11.8 Å². The second-order valence-corrected chi connectivity index (χ2v) is 12.7. The van der Waals surface area contributed by atoms with E-state index in [2.05, 4.69) is 41.5 Å². The van der Waals surface area contributed by atoms with Crippen molar-refractivity contribution in [3.63, 3.8) is 0 Å². The highest BCUT2D eigenvalue weighted by Crippen LogP contribution is 2.64. The molecule has 184 valence electrons. The summed E-state index contributed by atoms with van der Waals surface area (Å²) in [5.74, 6) is 1.51. The second kappa shape index (κ2) is 7.61. The van der Waals surface area contributed by atoms with Crippen molar-refractivity contribution in [1.29, 1.82) is 0 Å². The molecule has 0 radical (unpaired) electrons. The van der Waals surface area contributed by atoms with E-state index in [-0.39, 0.29) is 29.2 Å². The molecule has 1 heterocycles. The molecular weight excluding hydrogens is 422 g/mol. The van der Waals surface area contributed by atoms with E-state index in [1.165, 1.54) is 12.2 Å². The van der Waals surface area contributed by atoms with E-state index in [4.69, 9.17) is 19.6 Å². The van der Waals surface area contributed by atoms with Gasteiger partial charge in [0.05, 0.1) is 6.54 Å². The molecule has 6 unspecified atom stereocenters. The third kappa shape index (κ3) is 3.62. The number of hydrogen-bond acceptors (Lipinski definition) is 6. The van der Waals surface area contributed by atoms with Crippen LogP contribution in [0.25, 0.3) is 0 Å². The van der Waals surface area contributed by atoms with Crippen LogP contribution in [0.1, 0.15) is 80.1 Å². The predicted molar refractivity (Wildman–Crippen MR) is 120 cm³/mol. The van der Waals surface area contributed by atoms with Crippen molar-refractivity contribution < 1.29 is 29.1 Å². The average molecular weight is 462 g/mol. The van der Waals surface area contributed by atoms with Crippen LogP contribution >= 0.6 is 0 Å². The summed E-state index contributed by atoms with van der Waals surface area (Å²) in [4.78, 5) is 49.3. The molecule has 7 heteroatoms. The Bertz CT molecular complexity index is 797. The first-order valence-corrected chi connectivity index (χ1v) is 12.6. The van der Waals surface area contributed by atoms with Crippen LogP contribution in [0, 0.1) is 34.5 Å². The summed E-state index contributed by atoms with van der Waals surface area (Å²) >= 11 is 0. The van der Waals surface area contributed by atoms with Gasteiger partial charge < -0.3 is 0 Å². The number of imide groups is 1. The minimum atomic E-state index is -1.02. The van der Waals surface area contributed by atoms with Crippen LogP contribution < -0.4 is 0 Å². The van der Waals surface area contributed by atoms with Gasteiger partial charge in [-0.1, -0.05) is 27.7 Å². The Morgan fingerprint density at radius 3 is 1.61 bits per heavy atom. The lowest BCUT2D eigenvalue weighted by Gasteiger charge is -2.63. The Labute approximate surface area is 197 Å². The summed E-state index contributed by atoms with van der Waals surface area (Å²) in [6.07, 6.45) is 7.82. The number of carbonyl (C=O) groups excluding carboxylic acids is 2. The van der Waals surface area contributed by atoms with Crippen LogP contribution in [-0.4, -0.2) is 40.8 Å². The number of rotatable bonds is 8. The number of amides is 2. The number of nitrogens with zero attached hydrogens (tertiary/aromatic N) is 1. The molecule has 6 saturated carbocycles. The van der Waals surface area contributed by atoms with Crippen molar-refractivity contribution in [2.45, 2.75) is 97.6 Å². The molecule has 6 aliphatic carbocycles. The van der Waals surface area contributed by atoms with Crippen LogP contribution in [0.4, 0.5) is 0 Å². The van der Waals surface area contributed by atoms with Crippen LogP contribution in [0.3, 0.4) is 0 Å². The lowest BCUT2D eigenvalue weighted by molar-refractivity contribution is -0.521. The zero-order chi connectivity index (χ0) is 23.8. The normalized spacial score (nSPS) is 43.3. The quantitative estimate of drug-likeness (QED) is 0.228. The van der Waals surface area contributed by atoms with Crippen LogP contribution in [0.2, 0.25) is 0 Å².